The summed E-state index contributed by atoms with van der Waals surface area (Å²) < 4.78 is 25.8. The summed E-state index contributed by atoms with van der Waals surface area (Å²) in [6.07, 6.45) is 0.447. The van der Waals surface area contributed by atoms with Gasteiger partial charge in [0, 0.05) is 24.4 Å². The standard InChI is InChI=1S/C5H11ClO3S/c1-5(3-4-9-2)10(6,7)8/h5H,3-4H2,1-2H3/t5-/m0/s1. The van der Waals surface area contributed by atoms with Gasteiger partial charge in [0.05, 0.1) is 5.25 Å². The molecule has 0 bridgehead atoms. The first kappa shape index (κ1) is 10.2. The van der Waals surface area contributed by atoms with Crippen LogP contribution in [0.15, 0.2) is 0 Å². The van der Waals surface area contributed by atoms with Crippen LogP contribution in [0, 0.1) is 0 Å². The zero-order chi connectivity index (χ0) is 8.20. The Morgan fingerprint density at radius 3 is 2.40 bits per heavy atom. The number of methoxy groups -OCH3 is 1. The molecular formula is C5H11ClO3S. The molecule has 3 nitrogen and oxygen atoms in total. The van der Waals surface area contributed by atoms with E-state index in [4.69, 9.17) is 10.7 Å². The Balaban J connectivity index is 3.75. The summed E-state index contributed by atoms with van der Waals surface area (Å²) in [5.74, 6) is 0. The number of halogens is 1. The van der Waals surface area contributed by atoms with Crippen molar-refractivity contribution in [2.75, 3.05) is 13.7 Å². The van der Waals surface area contributed by atoms with Gasteiger partial charge >= 0.3 is 0 Å². The molecule has 0 radical (unpaired) electrons. The molecule has 0 amide bonds. The van der Waals surface area contributed by atoms with Crippen LogP contribution >= 0.6 is 10.7 Å². The Morgan fingerprint density at radius 2 is 2.10 bits per heavy atom. The molecule has 0 saturated heterocycles. The van der Waals surface area contributed by atoms with Crippen LogP contribution in [0.3, 0.4) is 0 Å². The van der Waals surface area contributed by atoms with Crippen molar-refractivity contribution >= 4 is 19.7 Å². The van der Waals surface area contributed by atoms with Gasteiger partial charge in [-0.15, -0.1) is 0 Å². The summed E-state index contributed by atoms with van der Waals surface area (Å²) in [5, 5.41) is -0.519. The highest BCUT2D eigenvalue weighted by molar-refractivity contribution is 8.14. The van der Waals surface area contributed by atoms with Gasteiger partial charge in [-0.25, -0.2) is 8.42 Å². The van der Waals surface area contributed by atoms with Gasteiger partial charge in [-0.3, -0.25) is 0 Å². The minimum Gasteiger partial charge on any atom is -0.385 e. The average molecular weight is 187 g/mol. The van der Waals surface area contributed by atoms with E-state index in [0.717, 1.165) is 0 Å². The minimum atomic E-state index is -3.38. The second-order valence-electron chi connectivity index (χ2n) is 2.07. The van der Waals surface area contributed by atoms with Crippen LogP contribution in [0.1, 0.15) is 13.3 Å². The first-order valence-electron chi connectivity index (χ1n) is 2.91. The highest BCUT2D eigenvalue weighted by Crippen LogP contribution is 2.09. The van der Waals surface area contributed by atoms with Crippen LogP contribution in [-0.2, 0) is 13.8 Å². The van der Waals surface area contributed by atoms with Crippen molar-refractivity contribution in [3.63, 3.8) is 0 Å². The van der Waals surface area contributed by atoms with Crippen molar-refractivity contribution in [1.29, 1.82) is 0 Å². The van der Waals surface area contributed by atoms with Crippen molar-refractivity contribution in [1.82, 2.24) is 0 Å². The van der Waals surface area contributed by atoms with Crippen LogP contribution < -0.4 is 0 Å². The molecule has 0 aliphatic rings. The molecule has 0 heterocycles. The van der Waals surface area contributed by atoms with Gasteiger partial charge in [0.1, 0.15) is 0 Å². The molecule has 0 aromatic rings. The molecule has 0 aliphatic carbocycles. The summed E-state index contributed by atoms with van der Waals surface area (Å²) in [6, 6.07) is 0. The van der Waals surface area contributed by atoms with E-state index in [1.54, 1.807) is 6.92 Å². The summed E-state index contributed by atoms with van der Waals surface area (Å²) in [6.45, 7) is 1.98. The van der Waals surface area contributed by atoms with Gasteiger partial charge in [0.2, 0.25) is 9.05 Å². The predicted molar refractivity (Wildman–Crippen MR) is 40.7 cm³/mol. The topological polar surface area (TPSA) is 43.4 Å². The zero-order valence-corrected chi connectivity index (χ0v) is 7.57. The van der Waals surface area contributed by atoms with Gasteiger partial charge in [-0.05, 0) is 13.3 Å². The number of hydrogen-bond acceptors (Lipinski definition) is 3. The molecule has 1 atom stereocenters. The van der Waals surface area contributed by atoms with Crippen molar-refractivity contribution in [2.45, 2.75) is 18.6 Å². The van der Waals surface area contributed by atoms with Crippen molar-refractivity contribution < 1.29 is 13.2 Å². The second kappa shape index (κ2) is 4.16. The summed E-state index contributed by atoms with van der Waals surface area (Å²) in [7, 11) is 3.17. The molecule has 10 heavy (non-hydrogen) atoms. The van der Waals surface area contributed by atoms with Crippen LogP contribution in [0.2, 0.25) is 0 Å². The van der Waals surface area contributed by atoms with Gasteiger partial charge < -0.3 is 4.74 Å². The average Bonchev–Trinajstić information content (AvgIpc) is 1.80. The van der Waals surface area contributed by atoms with Crippen molar-refractivity contribution in [3.8, 4) is 0 Å². The molecule has 0 aromatic heterocycles. The highest BCUT2D eigenvalue weighted by Gasteiger charge is 2.16. The van der Waals surface area contributed by atoms with Crippen molar-refractivity contribution in [2.24, 2.45) is 0 Å². The molecule has 0 aromatic carbocycles. The lowest BCUT2D eigenvalue weighted by atomic mass is 10.3. The number of hydrogen-bond donors (Lipinski definition) is 0. The van der Waals surface area contributed by atoms with E-state index in [9.17, 15) is 8.42 Å². The molecule has 0 fully saturated rings. The summed E-state index contributed by atoms with van der Waals surface area (Å²) in [4.78, 5) is 0. The van der Waals surface area contributed by atoms with Gasteiger partial charge in [-0.1, -0.05) is 0 Å². The smallest absolute Gasteiger partial charge is 0.235 e. The molecule has 0 spiro atoms. The van der Waals surface area contributed by atoms with Gasteiger partial charge in [0.15, 0.2) is 0 Å². The first-order chi connectivity index (χ1) is 4.48. The fourth-order valence-corrected chi connectivity index (χ4v) is 1.07. The van der Waals surface area contributed by atoms with Gasteiger partial charge in [0.25, 0.3) is 0 Å². The molecule has 0 saturated carbocycles. The van der Waals surface area contributed by atoms with E-state index in [2.05, 4.69) is 4.74 Å². The van der Waals surface area contributed by atoms with Gasteiger partial charge in [-0.2, -0.15) is 0 Å². The SMILES string of the molecule is COCC[C@H](C)S(=O)(=O)Cl. The predicted octanol–water partition coefficient (Wildman–Crippen LogP) is 0.980. The Morgan fingerprint density at radius 1 is 1.60 bits per heavy atom. The largest absolute Gasteiger partial charge is 0.385 e. The Kier molecular flexibility index (Phi) is 4.24. The van der Waals surface area contributed by atoms with E-state index in [-0.39, 0.29) is 0 Å². The third-order valence-corrected chi connectivity index (χ3v) is 3.32. The summed E-state index contributed by atoms with van der Waals surface area (Å²) in [5.41, 5.74) is 0. The Hall–Kier alpha value is 0.200. The summed E-state index contributed by atoms with van der Waals surface area (Å²) >= 11 is 0. The fourth-order valence-electron chi connectivity index (χ4n) is 0.425. The lowest BCUT2D eigenvalue weighted by Crippen LogP contribution is -2.13. The molecule has 0 unspecified atom stereocenters. The van der Waals surface area contributed by atoms with E-state index < -0.39 is 14.3 Å². The van der Waals surface area contributed by atoms with Crippen LogP contribution in [0.4, 0.5) is 0 Å². The van der Waals surface area contributed by atoms with E-state index in [0.29, 0.717) is 13.0 Å². The lowest BCUT2D eigenvalue weighted by Gasteiger charge is -2.04. The quantitative estimate of drug-likeness (QED) is 0.615. The maximum Gasteiger partial charge on any atom is 0.235 e. The molecular weight excluding hydrogens is 176 g/mol. The van der Waals surface area contributed by atoms with Crippen molar-refractivity contribution in [3.05, 3.63) is 0 Å². The Labute approximate surface area is 65.7 Å². The second-order valence-corrected chi connectivity index (χ2v) is 5.11. The maximum atomic E-state index is 10.5. The zero-order valence-electron chi connectivity index (χ0n) is 6.00. The monoisotopic (exact) mass is 186 g/mol. The first-order valence-corrected chi connectivity index (χ1v) is 5.28. The maximum absolute atomic E-state index is 10.5. The molecule has 0 N–H and O–H groups in total. The molecule has 0 rings (SSSR count). The fraction of sp³-hybridized carbons (Fsp3) is 1.00. The number of ether oxygens (including phenoxy) is 1. The number of rotatable bonds is 4. The van der Waals surface area contributed by atoms with Crippen LogP contribution in [0.25, 0.3) is 0 Å². The normalized spacial score (nSPS) is 15.1. The third-order valence-electron chi connectivity index (χ3n) is 1.21. The molecule has 0 aliphatic heterocycles. The minimum absolute atomic E-state index is 0.424. The highest BCUT2D eigenvalue weighted by atomic mass is 35.7. The van der Waals surface area contributed by atoms with E-state index in [1.165, 1.54) is 7.11 Å². The van der Waals surface area contributed by atoms with E-state index >= 15 is 0 Å². The van der Waals surface area contributed by atoms with Crippen LogP contribution in [0.5, 0.6) is 0 Å². The third kappa shape index (κ3) is 4.09. The lowest BCUT2D eigenvalue weighted by molar-refractivity contribution is 0.195. The van der Waals surface area contributed by atoms with Crippen LogP contribution in [-0.4, -0.2) is 27.4 Å². The Bertz CT molecular complexity index is 175. The van der Waals surface area contributed by atoms with E-state index in [1.807, 2.05) is 0 Å². The molecule has 62 valence electrons. The molecule has 5 heteroatoms.